The average molecular weight is 241 g/mol. The van der Waals surface area contributed by atoms with Crippen LogP contribution in [0.4, 0.5) is 5.69 Å². The van der Waals surface area contributed by atoms with Gasteiger partial charge in [-0.25, -0.2) is 4.98 Å². The molecule has 0 spiro atoms. The van der Waals surface area contributed by atoms with Gasteiger partial charge >= 0.3 is 5.97 Å². The number of piperidine rings is 1. The summed E-state index contributed by atoms with van der Waals surface area (Å²) in [7, 11) is 0. The molecule has 2 rings (SSSR count). The molecule has 4 nitrogen and oxygen atoms in total. The zero-order chi connectivity index (χ0) is 11.5. The van der Waals surface area contributed by atoms with E-state index in [9.17, 15) is 4.79 Å². The summed E-state index contributed by atoms with van der Waals surface area (Å²) in [5.74, 6) is -0.995. The van der Waals surface area contributed by atoms with Gasteiger partial charge in [-0.05, 0) is 25.0 Å². The van der Waals surface area contributed by atoms with Gasteiger partial charge in [0, 0.05) is 25.0 Å². The summed E-state index contributed by atoms with van der Waals surface area (Å²) in [5.41, 5.74) is 0.950. The fourth-order valence-electron chi connectivity index (χ4n) is 2.00. The van der Waals surface area contributed by atoms with Crippen molar-refractivity contribution >= 4 is 23.3 Å². The van der Waals surface area contributed by atoms with Crippen molar-refractivity contribution in [2.45, 2.75) is 12.8 Å². The summed E-state index contributed by atoms with van der Waals surface area (Å²) in [6, 6.07) is 3.63. The standard InChI is InChI=1S/C11H13ClN2O2/c12-10-6-9(3-4-13-10)14-5-1-2-8(7-14)11(15)16/h3-4,6,8H,1-2,5,7H2,(H,15,16). The summed E-state index contributed by atoms with van der Waals surface area (Å²) < 4.78 is 0. The first kappa shape index (κ1) is 11.2. The van der Waals surface area contributed by atoms with Crippen LogP contribution in [0, 0.1) is 5.92 Å². The minimum atomic E-state index is -0.718. The Morgan fingerprint density at radius 2 is 2.44 bits per heavy atom. The number of anilines is 1. The first-order valence-electron chi connectivity index (χ1n) is 5.26. The highest BCUT2D eigenvalue weighted by Crippen LogP contribution is 2.24. The molecule has 1 atom stereocenters. The van der Waals surface area contributed by atoms with Crippen LogP contribution in [-0.2, 0) is 4.79 Å². The molecule has 1 N–H and O–H groups in total. The predicted molar refractivity (Wildman–Crippen MR) is 61.8 cm³/mol. The number of rotatable bonds is 2. The third kappa shape index (κ3) is 2.44. The fourth-order valence-corrected chi connectivity index (χ4v) is 2.17. The smallest absolute Gasteiger partial charge is 0.308 e. The molecule has 1 saturated heterocycles. The van der Waals surface area contributed by atoms with Gasteiger partial charge in [-0.1, -0.05) is 11.6 Å². The Morgan fingerprint density at radius 1 is 1.62 bits per heavy atom. The monoisotopic (exact) mass is 240 g/mol. The maximum absolute atomic E-state index is 10.9. The van der Waals surface area contributed by atoms with Crippen LogP contribution in [0.15, 0.2) is 18.3 Å². The number of halogens is 1. The number of carboxylic acid groups (broad SMARTS) is 1. The molecule has 0 aromatic carbocycles. The van der Waals surface area contributed by atoms with Gasteiger partial charge in [0.2, 0.25) is 0 Å². The van der Waals surface area contributed by atoms with E-state index in [1.807, 2.05) is 6.07 Å². The Kier molecular flexibility index (Phi) is 3.29. The Labute approximate surface area is 98.9 Å². The lowest BCUT2D eigenvalue weighted by Gasteiger charge is -2.32. The van der Waals surface area contributed by atoms with E-state index in [0.717, 1.165) is 25.1 Å². The van der Waals surface area contributed by atoms with Crippen LogP contribution in [0.2, 0.25) is 5.15 Å². The topological polar surface area (TPSA) is 53.4 Å². The molecule has 0 saturated carbocycles. The number of hydrogen-bond acceptors (Lipinski definition) is 3. The van der Waals surface area contributed by atoms with Crippen LogP contribution in [0.25, 0.3) is 0 Å². The number of pyridine rings is 1. The van der Waals surface area contributed by atoms with Crippen molar-refractivity contribution in [3.8, 4) is 0 Å². The molecule has 1 aliphatic rings. The minimum Gasteiger partial charge on any atom is -0.481 e. The number of aromatic nitrogens is 1. The highest BCUT2D eigenvalue weighted by Gasteiger charge is 2.25. The van der Waals surface area contributed by atoms with Gasteiger partial charge < -0.3 is 10.0 Å². The van der Waals surface area contributed by atoms with Crippen LogP contribution < -0.4 is 4.90 Å². The summed E-state index contributed by atoms with van der Waals surface area (Å²) in [4.78, 5) is 16.9. The lowest BCUT2D eigenvalue weighted by atomic mass is 9.98. The maximum atomic E-state index is 10.9. The summed E-state index contributed by atoms with van der Waals surface area (Å²) >= 11 is 5.81. The van der Waals surface area contributed by atoms with Crippen LogP contribution in [0.1, 0.15) is 12.8 Å². The molecule has 0 radical (unpaired) electrons. The summed E-state index contributed by atoms with van der Waals surface area (Å²) in [6.45, 7) is 1.43. The third-order valence-electron chi connectivity index (χ3n) is 2.85. The van der Waals surface area contributed by atoms with Crippen LogP contribution >= 0.6 is 11.6 Å². The lowest BCUT2D eigenvalue weighted by Crippen LogP contribution is -2.38. The second-order valence-corrected chi connectivity index (χ2v) is 4.35. The van der Waals surface area contributed by atoms with E-state index in [0.29, 0.717) is 11.7 Å². The number of aliphatic carboxylic acids is 1. The Bertz CT molecular complexity index is 397. The first-order chi connectivity index (χ1) is 7.66. The van der Waals surface area contributed by atoms with E-state index in [1.54, 1.807) is 12.3 Å². The third-order valence-corrected chi connectivity index (χ3v) is 3.05. The lowest BCUT2D eigenvalue weighted by molar-refractivity contribution is -0.141. The number of carboxylic acids is 1. The molecule has 1 unspecified atom stereocenters. The van der Waals surface area contributed by atoms with Crippen LogP contribution in [0.5, 0.6) is 0 Å². The van der Waals surface area contributed by atoms with Crippen LogP contribution in [-0.4, -0.2) is 29.1 Å². The zero-order valence-corrected chi connectivity index (χ0v) is 9.52. The van der Waals surface area contributed by atoms with Gasteiger partial charge in [0.05, 0.1) is 5.92 Å². The van der Waals surface area contributed by atoms with Gasteiger partial charge in [-0.15, -0.1) is 0 Å². The van der Waals surface area contributed by atoms with Gasteiger partial charge in [0.25, 0.3) is 0 Å². The first-order valence-corrected chi connectivity index (χ1v) is 5.64. The van der Waals surface area contributed by atoms with E-state index >= 15 is 0 Å². The largest absolute Gasteiger partial charge is 0.481 e. The molecule has 2 heterocycles. The average Bonchev–Trinajstić information content (AvgIpc) is 2.29. The number of hydrogen-bond donors (Lipinski definition) is 1. The maximum Gasteiger partial charge on any atom is 0.308 e. The molecule has 86 valence electrons. The van der Waals surface area contributed by atoms with E-state index in [1.165, 1.54) is 0 Å². The quantitative estimate of drug-likeness (QED) is 0.804. The van der Waals surface area contributed by atoms with E-state index in [-0.39, 0.29) is 5.92 Å². The molecule has 0 bridgehead atoms. The molecule has 0 amide bonds. The minimum absolute atomic E-state index is 0.277. The Morgan fingerprint density at radius 3 is 3.12 bits per heavy atom. The highest BCUT2D eigenvalue weighted by molar-refractivity contribution is 6.29. The summed E-state index contributed by atoms with van der Waals surface area (Å²) in [6.07, 6.45) is 3.30. The van der Waals surface area contributed by atoms with E-state index < -0.39 is 5.97 Å². The molecule has 1 aromatic rings. The number of carbonyl (C=O) groups is 1. The van der Waals surface area contributed by atoms with Gasteiger partial charge in [0.15, 0.2) is 0 Å². The molecule has 5 heteroatoms. The summed E-state index contributed by atoms with van der Waals surface area (Å²) in [5, 5.41) is 9.43. The van der Waals surface area contributed by atoms with Crippen molar-refractivity contribution < 1.29 is 9.90 Å². The second kappa shape index (κ2) is 4.70. The SMILES string of the molecule is O=C(O)C1CCCN(c2ccnc(Cl)c2)C1. The second-order valence-electron chi connectivity index (χ2n) is 3.96. The Balaban J connectivity index is 2.12. The van der Waals surface area contributed by atoms with Crippen molar-refractivity contribution in [1.29, 1.82) is 0 Å². The van der Waals surface area contributed by atoms with Crippen molar-refractivity contribution in [2.24, 2.45) is 5.92 Å². The fraction of sp³-hybridized carbons (Fsp3) is 0.455. The van der Waals surface area contributed by atoms with Crippen molar-refractivity contribution in [1.82, 2.24) is 4.98 Å². The van der Waals surface area contributed by atoms with Gasteiger partial charge in [0.1, 0.15) is 5.15 Å². The molecule has 16 heavy (non-hydrogen) atoms. The molecule has 1 fully saturated rings. The molecule has 1 aliphatic heterocycles. The zero-order valence-electron chi connectivity index (χ0n) is 8.77. The molecular weight excluding hydrogens is 228 g/mol. The van der Waals surface area contributed by atoms with Gasteiger partial charge in [-0.2, -0.15) is 0 Å². The van der Waals surface area contributed by atoms with E-state index in [2.05, 4.69) is 9.88 Å². The van der Waals surface area contributed by atoms with Crippen LogP contribution in [0.3, 0.4) is 0 Å². The normalized spacial score (nSPS) is 20.8. The van der Waals surface area contributed by atoms with Crippen molar-refractivity contribution in [3.63, 3.8) is 0 Å². The van der Waals surface area contributed by atoms with Crippen molar-refractivity contribution in [2.75, 3.05) is 18.0 Å². The molecule has 1 aromatic heterocycles. The highest BCUT2D eigenvalue weighted by atomic mass is 35.5. The Hall–Kier alpha value is -1.29. The van der Waals surface area contributed by atoms with Gasteiger partial charge in [-0.3, -0.25) is 4.79 Å². The van der Waals surface area contributed by atoms with E-state index in [4.69, 9.17) is 16.7 Å². The number of nitrogens with zero attached hydrogens (tertiary/aromatic N) is 2. The molecular formula is C11H13ClN2O2. The predicted octanol–water partition coefficient (Wildman–Crippen LogP) is 2.04. The van der Waals surface area contributed by atoms with Crippen molar-refractivity contribution in [3.05, 3.63) is 23.5 Å². The molecule has 0 aliphatic carbocycles.